The molecule has 1 fully saturated rings. The van der Waals surface area contributed by atoms with Gasteiger partial charge in [-0.25, -0.2) is 4.98 Å². The van der Waals surface area contributed by atoms with Gasteiger partial charge in [-0.2, -0.15) is 0 Å². The second kappa shape index (κ2) is 4.66. The summed E-state index contributed by atoms with van der Waals surface area (Å²) in [5.41, 5.74) is 8.49. The summed E-state index contributed by atoms with van der Waals surface area (Å²) >= 11 is 0. The topological polar surface area (TPSA) is 70.1 Å². The Bertz CT molecular complexity index is 627. The molecule has 0 saturated carbocycles. The van der Waals surface area contributed by atoms with E-state index in [2.05, 4.69) is 9.55 Å². The average Bonchev–Trinajstić information content (AvgIpc) is 2.74. The van der Waals surface area contributed by atoms with Crippen LogP contribution in [0.4, 0.5) is 5.95 Å². The summed E-state index contributed by atoms with van der Waals surface area (Å²) in [6.07, 6.45) is 1.90. The highest BCUT2D eigenvalue weighted by molar-refractivity contribution is 5.97. The molecule has 2 N–H and O–H groups in total. The monoisotopic (exact) mass is 259 g/mol. The molecule has 1 aliphatic heterocycles. The number of rotatable bonds is 2. The summed E-state index contributed by atoms with van der Waals surface area (Å²) < 4.78 is 7.45. The third kappa shape index (κ3) is 2.10. The summed E-state index contributed by atoms with van der Waals surface area (Å²) in [5.74, 6) is 0.559. The molecule has 3 rings (SSSR count). The number of carbonyl (C=O) groups is 1. The number of carbonyl (C=O) groups excluding carboxylic acids is 1. The van der Waals surface area contributed by atoms with E-state index in [1.807, 2.05) is 18.2 Å². The van der Waals surface area contributed by atoms with Gasteiger partial charge in [-0.15, -0.1) is 0 Å². The summed E-state index contributed by atoms with van der Waals surface area (Å²) in [6.45, 7) is 3.07. The van der Waals surface area contributed by atoms with Gasteiger partial charge in [0.1, 0.15) is 0 Å². The highest BCUT2D eigenvalue weighted by Crippen LogP contribution is 2.29. The Morgan fingerprint density at radius 1 is 1.42 bits per heavy atom. The van der Waals surface area contributed by atoms with E-state index >= 15 is 0 Å². The minimum Gasteiger partial charge on any atom is -0.381 e. The molecule has 2 heterocycles. The maximum atomic E-state index is 11.4. The maximum Gasteiger partial charge on any atom is 0.201 e. The van der Waals surface area contributed by atoms with Crippen molar-refractivity contribution in [2.75, 3.05) is 18.9 Å². The fraction of sp³-hybridized carbons (Fsp3) is 0.429. The molecule has 0 amide bonds. The van der Waals surface area contributed by atoms with E-state index in [0.717, 1.165) is 37.1 Å². The van der Waals surface area contributed by atoms with Gasteiger partial charge < -0.3 is 15.0 Å². The zero-order valence-corrected chi connectivity index (χ0v) is 10.9. The Balaban J connectivity index is 2.09. The molecule has 0 aliphatic carbocycles. The Morgan fingerprint density at radius 3 is 2.84 bits per heavy atom. The maximum absolute atomic E-state index is 11.4. The quantitative estimate of drug-likeness (QED) is 0.839. The first kappa shape index (κ1) is 12.2. The lowest BCUT2D eigenvalue weighted by Crippen LogP contribution is -2.20. The van der Waals surface area contributed by atoms with Crippen molar-refractivity contribution >= 4 is 22.8 Å². The van der Waals surface area contributed by atoms with Crippen molar-refractivity contribution in [1.29, 1.82) is 0 Å². The van der Waals surface area contributed by atoms with Crippen molar-refractivity contribution in [3.8, 4) is 0 Å². The molecule has 0 bridgehead atoms. The first-order valence-corrected chi connectivity index (χ1v) is 6.53. The highest BCUT2D eigenvalue weighted by Gasteiger charge is 2.20. The number of imidazole rings is 1. The van der Waals surface area contributed by atoms with Crippen molar-refractivity contribution in [1.82, 2.24) is 9.55 Å². The molecule has 1 aromatic carbocycles. The Labute approximate surface area is 111 Å². The first-order chi connectivity index (χ1) is 9.16. The van der Waals surface area contributed by atoms with E-state index in [1.54, 1.807) is 6.92 Å². The first-order valence-electron chi connectivity index (χ1n) is 6.53. The molecular weight excluding hydrogens is 242 g/mol. The van der Waals surface area contributed by atoms with Crippen LogP contribution in [0.1, 0.15) is 36.2 Å². The van der Waals surface area contributed by atoms with Gasteiger partial charge in [0.15, 0.2) is 5.78 Å². The molecule has 1 aromatic heterocycles. The van der Waals surface area contributed by atoms with Gasteiger partial charge in [0.25, 0.3) is 0 Å². The number of nitrogen functional groups attached to an aromatic ring is 1. The van der Waals surface area contributed by atoms with Crippen LogP contribution in [0.15, 0.2) is 18.2 Å². The molecule has 0 unspecified atom stereocenters. The lowest BCUT2D eigenvalue weighted by atomic mass is 10.1. The fourth-order valence-corrected chi connectivity index (χ4v) is 2.66. The number of hydrogen-bond acceptors (Lipinski definition) is 4. The molecule has 0 radical (unpaired) electrons. The van der Waals surface area contributed by atoms with Crippen LogP contribution in [0.5, 0.6) is 0 Å². The normalized spacial score (nSPS) is 16.9. The van der Waals surface area contributed by atoms with Gasteiger partial charge in [-0.3, -0.25) is 4.79 Å². The van der Waals surface area contributed by atoms with Crippen molar-refractivity contribution in [2.45, 2.75) is 25.8 Å². The number of nitrogens with zero attached hydrogens (tertiary/aromatic N) is 2. The number of benzene rings is 1. The lowest BCUT2D eigenvalue weighted by Gasteiger charge is -2.24. The molecule has 5 nitrogen and oxygen atoms in total. The van der Waals surface area contributed by atoms with Crippen LogP contribution in [0.25, 0.3) is 11.0 Å². The van der Waals surface area contributed by atoms with Gasteiger partial charge in [0, 0.05) is 24.8 Å². The number of nitrogens with two attached hydrogens (primary N) is 1. The summed E-state index contributed by atoms with van der Waals surface area (Å²) in [4.78, 5) is 15.8. The number of aromatic nitrogens is 2. The molecule has 1 saturated heterocycles. The van der Waals surface area contributed by atoms with Crippen LogP contribution in [0.2, 0.25) is 0 Å². The summed E-state index contributed by atoms with van der Waals surface area (Å²) in [6, 6.07) is 5.91. The van der Waals surface area contributed by atoms with E-state index in [1.165, 1.54) is 0 Å². The smallest absolute Gasteiger partial charge is 0.201 e. The third-order valence-electron chi connectivity index (χ3n) is 3.68. The van der Waals surface area contributed by atoms with Gasteiger partial charge >= 0.3 is 0 Å². The molecule has 0 atom stereocenters. The van der Waals surface area contributed by atoms with Crippen LogP contribution in [-0.2, 0) is 4.74 Å². The van der Waals surface area contributed by atoms with E-state index < -0.39 is 0 Å². The van der Waals surface area contributed by atoms with Gasteiger partial charge in [0.2, 0.25) is 5.95 Å². The zero-order valence-electron chi connectivity index (χ0n) is 10.9. The van der Waals surface area contributed by atoms with Gasteiger partial charge in [-0.1, -0.05) is 0 Å². The Hall–Kier alpha value is -1.88. The van der Waals surface area contributed by atoms with Crippen molar-refractivity contribution in [3.63, 3.8) is 0 Å². The highest BCUT2D eigenvalue weighted by atomic mass is 16.5. The SMILES string of the molecule is CC(=O)c1ccc2c(c1)nc(N)n2C1CCOCC1. The molecule has 19 heavy (non-hydrogen) atoms. The zero-order chi connectivity index (χ0) is 13.4. The molecule has 5 heteroatoms. The standard InChI is InChI=1S/C14H17N3O2/c1-9(18)10-2-3-13-12(8-10)16-14(15)17(13)11-4-6-19-7-5-11/h2-3,8,11H,4-7H2,1H3,(H2,15,16). The number of fused-ring (bicyclic) bond motifs is 1. The molecule has 2 aromatic rings. The number of ketones is 1. The van der Waals surface area contributed by atoms with Crippen LogP contribution in [0.3, 0.4) is 0 Å². The minimum atomic E-state index is 0.0427. The van der Waals surface area contributed by atoms with E-state index in [0.29, 0.717) is 17.6 Å². The summed E-state index contributed by atoms with van der Waals surface area (Å²) in [5, 5.41) is 0. The number of ether oxygens (including phenoxy) is 1. The predicted molar refractivity (Wildman–Crippen MR) is 73.2 cm³/mol. The van der Waals surface area contributed by atoms with Crippen molar-refractivity contribution in [2.24, 2.45) is 0 Å². The van der Waals surface area contributed by atoms with Gasteiger partial charge in [-0.05, 0) is 38.0 Å². The molecule has 1 aliphatic rings. The fourth-order valence-electron chi connectivity index (χ4n) is 2.66. The van der Waals surface area contributed by atoms with E-state index in [-0.39, 0.29) is 5.78 Å². The second-order valence-electron chi connectivity index (χ2n) is 4.94. The molecular formula is C14H17N3O2. The van der Waals surface area contributed by atoms with E-state index in [9.17, 15) is 4.79 Å². The van der Waals surface area contributed by atoms with Gasteiger partial charge in [0.05, 0.1) is 11.0 Å². The molecule has 100 valence electrons. The Morgan fingerprint density at radius 2 is 2.16 bits per heavy atom. The third-order valence-corrected chi connectivity index (χ3v) is 3.68. The van der Waals surface area contributed by atoms with E-state index in [4.69, 9.17) is 10.5 Å². The number of hydrogen-bond donors (Lipinski definition) is 1. The van der Waals surface area contributed by atoms with Crippen LogP contribution >= 0.6 is 0 Å². The second-order valence-corrected chi connectivity index (χ2v) is 4.94. The predicted octanol–water partition coefficient (Wildman–Crippen LogP) is 2.17. The minimum absolute atomic E-state index is 0.0427. The Kier molecular flexibility index (Phi) is 2.98. The number of Topliss-reactive ketones (excluding diaryl/α,β-unsaturated/α-hetero) is 1. The van der Waals surface area contributed by atoms with Crippen molar-refractivity contribution < 1.29 is 9.53 Å². The number of anilines is 1. The van der Waals surface area contributed by atoms with Crippen LogP contribution in [0, 0.1) is 0 Å². The summed E-state index contributed by atoms with van der Waals surface area (Å²) in [7, 11) is 0. The molecule has 0 spiro atoms. The van der Waals surface area contributed by atoms with Crippen LogP contribution in [-0.4, -0.2) is 28.5 Å². The van der Waals surface area contributed by atoms with Crippen molar-refractivity contribution in [3.05, 3.63) is 23.8 Å². The van der Waals surface area contributed by atoms with Crippen LogP contribution < -0.4 is 5.73 Å². The average molecular weight is 259 g/mol. The lowest BCUT2D eigenvalue weighted by molar-refractivity contribution is 0.0711. The largest absolute Gasteiger partial charge is 0.381 e.